The van der Waals surface area contributed by atoms with Crippen LogP contribution in [0.25, 0.3) is 5.69 Å². The summed E-state index contributed by atoms with van der Waals surface area (Å²) in [6.45, 7) is 1.94. The fraction of sp³-hybridized carbons (Fsp3) is 0.111. The molecule has 2 aromatic carbocycles. The number of nitrogens with zero attached hydrogens (tertiary/aromatic N) is 2. The molecule has 1 N–H and O–H groups in total. The van der Waals surface area contributed by atoms with Gasteiger partial charge in [-0.1, -0.05) is 48.5 Å². The summed E-state index contributed by atoms with van der Waals surface area (Å²) < 4.78 is 1.82. The second kappa shape index (κ2) is 6.26. The summed E-state index contributed by atoms with van der Waals surface area (Å²) in [6.07, 6.45) is 2.04. The van der Waals surface area contributed by atoms with Gasteiger partial charge in [-0.2, -0.15) is 5.10 Å². The summed E-state index contributed by atoms with van der Waals surface area (Å²) in [7, 11) is 0. The van der Waals surface area contributed by atoms with Crippen molar-refractivity contribution in [3.63, 3.8) is 0 Å². The number of nitrogens with one attached hydrogen (secondary N) is 1. The Morgan fingerprint density at radius 1 is 1.05 bits per heavy atom. The van der Waals surface area contributed by atoms with Gasteiger partial charge in [-0.15, -0.1) is 0 Å². The van der Waals surface area contributed by atoms with E-state index in [2.05, 4.69) is 10.4 Å². The number of hydrogen-bond acceptors (Lipinski definition) is 2. The van der Waals surface area contributed by atoms with E-state index in [1.807, 2.05) is 72.3 Å². The Hall–Kier alpha value is -2.88. The molecular formula is C18H17N3O. The highest BCUT2D eigenvalue weighted by Gasteiger charge is 2.11. The summed E-state index contributed by atoms with van der Waals surface area (Å²) in [4.78, 5) is 12.1. The van der Waals surface area contributed by atoms with E-state index < -0.39 is 0 Å². The molecule has 0 bridgehead atoms. The lowest BCUT2D eigenvalue weighted by molar-refractivity contribution is -0.115. The Bertz CT molecular complexity index is 764. The van der Waals surface area contributed by atoms with Gasteiger partial charge in [0, 0.05) is 0 Å². The Morgan fingerprint density at radius 3 is 2.36 bits per heavy atom. The number of benzene rings is 2. The Balaban J connectivity index is 1.74. The van der Waals surface area contributed by atoms with E-state index in [0.717, 1.165) is 22.6 Å². The quantitative estimate of drug-likeness (QED) is 0.801. The summed E-state index contributed by atoms with van der Waals surface area (Å²) >= 11 is 0. The molecule has 110 valence electrons. The van der Waals surface area contributed by atoms with E-state index >= 15 is 0 Å². The number of para-hydroxylation sites is 1. The molecule has 0 aliphatic carbocycles. The smallest absolute Gasteiger partial charge is 0.228 e. The van der Waals surface area contributed by atoms with Crippen molar-refractivity contribution in [3.8, 4) is 5.69 Å². The van der Waals surface area contributed by atoms with E-state index in [4.69, 9.17) is 0 Å². The molecule has 1 aromatic heterocycles. The number of amides is 1. The highest BCUT2D eigenvalue weighted by molar-refractivity contribution is 5.92. The van der Waals surface area contributed by atoms with Crippen molar-refractivity contribution >= 4 is 11.6 Å². The monoisotopic (exact) mass is 291 g/mol. The Kier molecular flexibility index (Phi) is 4.01. The molecule has 0 aliphatic rings. The number of anilines is 1. The van der Waals surface area contributed by atoms with Gasteiger partial charge in [0.15, 0.2) is 0 Å². The lowest BCUT2D eigenvalue weighted by Crippen LogP contribution is -2.14. The second-order valence-corrected chi connectivity index (χ2v) is 5.10. The molecule has 4 heteroatoms. The number of carbonyl (C=O) groups excluding carboxylic acids is 1. The molecule has 1 amide bonds. The average molecular weight is 291 g/mol. The molecule has 0 saturated carbocycles. The molecule has 0 atom stereocenters. The van der Waals surface area contributed by atoms with E-state index in [1.54, 1.807) is 6.20 Å². The van der Waals surface area contributed by atoms with Gasteiger partial charge in [0.05, 0.1) is 29.7 Å². The maximum Gasteiger partial charge on any atom is 0.228 e. The Labute approximate surface area is 129 Å². The van der Waals surface area contributed by atoms with Crippen LogP contribution in [0.2, 0.25) is 0 Å². The van der Waals surface area contributed by atoms with Gasteiger partial charge < -0.3 is 5.32 Å². The minimum Gasteiger partial charge on any atom is -0.323 e. The standard InChI is InChI=1S/C18H17N3O/c1-14-17(13-19-21(14)16-10-6-3-7-11-16)20-18(22)12-15-8-4-2-5-9-15/h2-11,13H,12H2,1H3,(H,20,22). The lowest BCUT2D eigenvalue weighted by atomic mass is 10.1. The zero-order valence-electron chi connectivity index (χ0n) is 12.4. The molecule has 0 fully saturated rings. The third kappa shape index (κ3) is 3.06. The van der Waals surface area contributed by atoms with Crippen molar-refractivity contribution in [2.45, 2.75) is 13.3 Å². The highest BCUT2D eigenvalue weighted by atomic mass is 16.1. The fourth-order valence-corrected chi connectivity index (χ4v) is 2.34. The van der Waals surface area contributed by atoms with Gasteiger partial charge in [-0.05, 0) is 24.6 Å². The van der Waals surface area contributed by atoms with E-state index in [1.165, 1.54) is 0 Å². The second-order valence-electron chi connectivity index (χ2n) is 5.10. The van der Waals surface area contributed by atoms with Crippen molar-refractivity contribution in [1.29, 1.82) is 0 Å². The fourth-order valence-electron chi connectivity index (χ4n) is 2.34. The Morgan fingerprint density at radius 2 is 1.68 bits per heavy atom. The zero-order valence-corrected chi connectivity index (χ0v) is 12.4. The molecule has 3 rings (SSSR count). The van der Waals surface area contributed by atoms with Crippen LogP contribution in [-0.2, 0) is 11.2 Å². The number of rotatable bonds is 4. The molecule has 1 heterocycles. The van der Waals surface area contributed by atoms with Crippen LogP contribution in [0, 0.1) is 6.92 Å². The normalized spacial score (nSPS) is 10.4. The van der Waals surface area contributed by atoms with Crippen LogP contribution in [-0.4, -0.2) is 15.7 Å². The largest absolute Gasteiger partial charge is 0.323 e. The summed E-state index contributed by atoms with van der Waals surface area (Å²) in [6, 6.07) is 19.5. The molecule has 0 aliphatic heterocycles. The maximum absolute atomic E-state index is 12.1. The first-order valence-corrected chi connectivity index (χ1v) is 7.18. The van der Waals surface area contributed by atoms with Crippen LogP contribution in [0.4, 0.5) is 5.69 Å². The van der Waals surface area contributed by atoms with Crippen molar-refractivity contribution in [1.82, 2.24) is 9.78 Å². The average Bonchev–Trinajstić information content (AvgIpc) is 2.90. The van der Waals surface area contributed by atoms with Gasteiger partial charge in [0.1, 0.15) is 0 Å². The van der Waals surface area contributed by atoms with Crippen LogP contribution < -0.4 is 5.32 Å². The number of aromatic nitrogens is 2. The van der Waals surface area contributed by atoms with Crippen molar-refractivity contribution in [2.75, 3.05) is 5.32 Å². The first-order chi connectivity index (χ1) is 10.7. The first kappa shape index (κ1) is 14.1. The molecule has 0 unspecified atom stereocenters. The molecule has 0 spiro atoms. The molecular weight excluding hydrogens is 274 g/mol. The predicted octanol–water partition coefficient (Wildman–Crippen LogP) is 3.36. The van der Waals surface area contributed by atoms with Crippen LogP contribution >= 0.6 is 0 Å². The van der Waals surface area contributed by atoms with Gasteiger partial charge in [0.2, 0.25) is 5.91 Å². The van der Waals surface area contributed by atoms with Crippen LogP contribution in [0.5, 0.6) is 0 Å². The molecule has 22 heavy (non-hydrogen) atoms. The van der Waals surface area contributed by atoms with Crippen molar-refractivity contribution in [3.05, 3.63) is 78.1 Å². The van der Waals surface area contributed by atoms with Gasteiger partial charge in [-0.25, -0.2) is 4.68 Å². The maximum atomic E-state index is 12.1. The minimum absolute atomic E-state index is 0.0399. The third-order valence-corrected chi connectivity index (χ3v) is 3.49. The van der Waals surface area contributed by atoms with Crippen LogP contribution in [0.3, 0.4) is 0 Å². The predicted molar refractivity (Wildman–Crippen MR) is 87.1 cm³/mol. The zero-order chi connectivity index (χ0) is 15.4. The van der Waals surface area contributed by atoms with Gasteiger partial charge >= 0.3 is 0 Å². The topological polar surface area (TPSA) is 46.9 Å². The van der Waals surface area contributed by atoms with Crippen LogP contribution in [0.15, 0.2) is 66.9 Å². The third-order valence-electron chi connectivity index (χ3n) is 3.49. The molecule has 3 aromatic rings. The van der Waals surface area contributed by atoms with E-state index in [-0.39, 0.29) is 5.91 Å². The van der Waals surface area contributed by atoms with E-state index in [0.29, 0.717) is 6.42 Å². The minimum atomic E-state index is -0.0399. The molecule has 4 nitrogen and oxygen atoms in total. The number of carbonyl (C=O) groups is 1. The van der Waals surface area contributed by atoms with Gasteiger partial charge in [0.25, 0.3) is 0 Å². The van der Waals surface area contributed by atoms with E-state index in [9.17, 15) is 4.79 Å². The summed E-state index contributed by atoms with van der Waals surface area (Å²) in [5.41, 5.74) is 3.62. The van der Waals surface area contributed by atoms with Gasteiger partial charge in [-0.3, -0.25) is 4.79 Å². The summed E-state index contributed by atoms with van der Waals surface area (Å²) in [5.74, 6) is -0.0399. The van der Waals surface area contributed by atoms with Crippen LogP contribution in [0.1, 0.15) is 11.3 Å². The molecule has 0 radical (unpaired) electrons. The number of hydrogen-bond donors (Lipinski definition) is 1. The lowest BCUT2D eigenvalue weighted by Gasteiger charge is -2.07. The van der Waals surface area contributed by atoms with Crippen molar-refractivity contribution in [2.24, 2.45) is 0 Å². The SMILES string of the molecule is Cc1c(NC(=O)Cc2ccccc2)cnn1-c1ccccc1. The molecule has 0 saturated heterocycles. The highest BCUT2D eigenvalue weighted by Crippen LogP contribution is 2.18. The first-order valence-electron chi connectivity index (χ1n) is 7.18. The van der Waals surface area contributed by atoms with Crippen molar-refractivity contribution < 1.29 is 4.79 Å². The summed E-state index contributed by atoms with van der Waals surface area (Å²) in [5, 5.41) is 7.27.